The molecule has 2 aliphatic rings. The third-order valence-electron chi connectivity index (χ3n) is 4.81. The molecule has 1 aliphatic heterocycles. The summed E-state index contributed by atoms with van der Waals surface area (Å²) in [7, 11) is 0. The van der Waals surface area contributed by atoms with Gasteiger partial charge in [-0.1, -0.05) is 36.0 Å². The van der Waals surface area contributed by atoms with Crippen LogP contribution in [-0.2, 0) is 4.79 Å². The Hall–Kier alpha value is -1.94. The Bertz CT molecular complexity index is 711. The highest BCUT2D eigenvalue weighted by Crippen LogP contribution is 2.47. The summed E-state index contributed by atoms with van der Waals surface area (Å²) < 4.78 is 0. The summed E-state index contributed by atoms with van der Waals surface area (Å²) in [5.74, 6) is 0.851. The molecule has 124 valence electrons. The largest absolute Gasteiger partial charge is 0.353 e. The summed E-state index contributed by atoms with van der Waals surface area (Å²) in [6.45, 7) is 2.83. The Morgan fingerprint density at radius 2 is 1.71 bits per heavy atom. The van der Waals surface area contributed by atoms with Gasteiger partial charge in [0.05, 0.1) is 11.4 Å². The highest BCUT2D eigenvalue weighted by Gasteiger charge is 2.29. The quantitative estimate of drug-likeness (QED) is 0.865. The molecular formula is C20H22N2OS. The summed E-state index contributed by atoms with van der Waals surface area (Å²) in [6.07, 6.45) is 3.03. The van der Waals surface area contributed by atoms with Crippen LogP contribution in [0.15, 0.2) is 58.3 Å². The van der Waals surface area contributed by atoms with Crippen molar-refractivity contribution in [3.63, 3.8) is 0 Å². The van der Waals surface area contributed by atoms with Gasteiger partial charge in [-0.3, -0.25) is 4.79 Å². The number of carbonyl (C=O) groups excluding carboxylic acids is 1. The van der Waals surface area contributed by atoms with Gasteiger partial charge in [0.25, 0.3) is 0 Å². The molecule has 4 heteroatoms. The first-order chi connectivity index (χ1) is 11.7. The van der Waals surface area contributed by atoms with Crippen molar-refractivity contribution >= 4 is 29.0 Å². The van der Waals surface area contributed by atoms with Crippen molar-refractivity contribution in [2.45, 2.75) is 42.0 Å². The first-order valence-corrected chi connectivity index (χ1v) is 9.47. The second-order valence-electron chi connectivity index (χ2n) is 6.63. The number of benzene rings is 2. The smallest absolute Gasteiger partial charge is 0.222 e. The molecule has 0 bridgehead atoms. The number of anilines is 2. The van der Waals surface area contributed by atoms with Crippen LogP contribution in [0.5, 0.6) is 0 Å². The molecule has 1 amide bonds. The lowest BCUT2D eigenvalue weighted by Gasteiger charge is -2.32. The molecule has 1 heterocycles. The number of rotatable bonds is 5. The third kappa shape index (κ3) is 3.16. The molecule has 0 radical (unpaired) electrons. The molecule has 4 rings (SSSR count). The Balaban J connectivity index is 1.50. The zero-order valence-electron chi connectivity index (χ0n) is 13.9. The average Bonchev–Trinajstić information content (AvgIpc) is 3.43. The summed E-state index contributed by atoms with van der Waals surface area (Å²) in [4.78, 5) is 17.1. The number of fused-ring (bicyclic) bond motifs is 2. The third-order valence-corrected chi connectivity index (χ3v) is 5.94. The van der Waals surface area contributed by atoms with Gasteiger partial charge >= 0.3 is 0 Å². The van der Waals surface area contributed by atoms with Gasteiger partial charge < -0.3 is 10.2 Å². The van der Waals surface area contributed by atoms with Gasteiger partial charge in [0.1, 0.15) is 0 Å². The predicted octanol–water partition coefficient (Wildman–Crippen LogP) is 4.59. The van der Waals surface area contributed by atoms with E-state index in [1.165, 1.54) is 34.0 Å². The lowest BCUT2D eigenvalue weighted by molar-refractivity contribution is -0.121. The van der Waals surface area contributed by atoms with Crippen LogP contribution in [0.25, 0.3) is 0 Å². The molecule has 1 saturated carbocycles. The van der Waals surface area contributed by atoms with Gasteiger partial charge in [0.15, 0.2) is 0 Å². The Labute approximate surface area is 147 Å². The van der Waals surface area contributed by atoms with Crippen LogP contribution in [0, 0.1) is 5.92 Å². The van der Waals surface area contributed by atoms with Crippen LogP contribution in [-0.4, -0.2) is 18.5 Å². The maximum atomic E-state index is 12.3. The SMILES string of the molecule is CC(NC(=O)CCN1c2ccccc2Sc2ccccc21)C1CC1. The van der Waals surface area contributed by atoms with E-state index in [0.29, 0.717) is 24.9 Å². The molecule has 1 N–H and O–H groups in total. The first-order valence-electron chi connectivity index (χ1n) is 8.65. The molecule has 1 aliphatic carbocycles. The number of amides is 1. The molecule has 1 atom stereocenters. The Morgan fingerprint density at radius 3 is 2.29 bits per heavy atom. The summed E-state index contributed by atoms with van der Waals surface area (Å²) in [6, 6.07) is 17.2. The molecule has 1 unspecified atom stereocenters. The highest BCUT2D eigenvalue weighted by atomic mass is 32.2. The minimum Gasteiger partial charge on any atom is -0.353 e. The number of para-hydroxylation sites is 2. The minimum atomic E-state index is 0.155. The predicted molar refractivity (Wildman–Crippen MR) is 99.0 cm³/mol. The van der Waals surface area contributed by atoms with E-state index in [-0.39, 0.29) is 5.91 Å². The fraction of sp³-hybridized carbons (Fsp3) is 0.350. The van der Waals surface area contributed by atoms with Crippen molar-refractivity contribution in [1.82, 2.24) is 5.32 Å². The lowest BCUT2D eigenvalue weighted by Crippen LogP contribution is -2.36. The Kier molecular flexibility index (Phi) is 4.23. The fourth-order valence-electron chi connectivity index (χ4n) is 3.28. The zero-order valence-corrected chi connectivity index (χ0v) is 14.7. The minimum absolute atomic E-state index is 0.155. The maximum Gasteiger partial charge on any atom is 0.222 e. The van der Waals surface area contributed by atoms with Gasteiger partial charge in [-0.15, -0.1) is 0 Å². The fourth-order valence-corrected chi connectivity index (χ4v) is 4.37. The normalized spacial score (nSPS) is 17.0. The van der Waals surface area contributed by atoms with E-state index >= 15 is 0 Å². The number of hydrogen-bond donors (Lipinski definition) is 1. The van der Waals surface area contributed by atoms with Gasteiger partial charge in [-0.2, -0.15) is 0 Å². The monoisotopic (exact) mass is 338 g/mol. The van der Waals surface area contributed by atoms with E-state index in [1.54, 1.807) is 11.8 Å². The summed E-state index contributed by atoms with van der Waals surface area (Å²) >= 11 is 1.80. The molecule has 3 nitrogen and oxygen atoms in total. The van der Waals surface area contributed by atoms with Gasteiger partial charge in [0.2, 0.25) is 5.91 Å². The van der Waals surface area contributed by atoms with E-state index in [4.69, 9.17) is 0 Å². The molecule has 1 fully saturated rings. The van der Waals surface area contributed by atoms with Crippen molar-refractivity contribution in [3.8, 4) is 0 Å². The number of nitrogens with one attached hydrogen (secondary N) is 1. The molecule has 24 heavy (non-hydrogen) atoms. The summed E-state index contributed by atoms with van der Waals surface area (Å²) in [5.41, 5.74) is 2.40. The van der Waals surface area contributed by atoms with E-state index in [9.17, 15) is 4.79 Å². The van der Waals surface area contributed by atoms with Gasteiger partial charge in [-0.25, -0.2) is 0 Å². The van der Waals surface area contributed by atoms with E-state index in [0.717, 1.165) is 0 Å². The van der Waals surface area contributed by atoms with Crippen LogP contribution < -0.4 is 10.2 Å². The Morgan fingerprint density at radius 1 is 1.12 bits per heavy atom. The standard InChI is InChI=1S/C20H22N2OS/c1-14(15-10-11-15)21-20(23)12-13-22-16-6-2-4-8-18(16)24-19-9-5-3-7-17(19)22/h2-9,14-15H,10-13H2,1H3,(H,21,23). The molecule has 2 aromatic carbocycles. The zero-order chi connectivity index (χ0) is 16.5. The second kappa shape index (κ2) is 6.52. The first kappa shape index (κ1) is 15.6. The van der Waals surface area contributed by atoms with Crippen LogP contribution in [0.4, 0.5) is 11.4 Å². The van der Waals surface area contributed by atoms with Crippen molar-refractivity contribution < 1.29 is 4.79 Å². The second-order valence-corrected chi connectivity index (χ2v) is 7.72. The van der Waals surface area contributed by atoms with E-state index in [1.807, 2.05) is 0 Å². The van der Waals surface area contributed by atoms with Crippen LogP contribution in [0.1, 0.15) is 26.2 Å². The molecule has 0 saturated heterocycles. The van der Waals surface area contributed by atoms with Crippen molar-refractivity contribution in [3.05, 3.63) is 48.5 Å². The van der Waals surface area contributed by atoms with E-state index in [2.05, 4.69) is 65.7 Å². The van der Waals surface area contributed by atoms with Gasteiger partial charge in [0, 0.05) is 28.8 Å². The average molecular weight is 338 g/mol. The van der Waals surface area contributed by atoms with Crippen LogP contribution >= 0.6 is 11.8 Å². The van der Waals surface area contributed by atoms with Crippen molar-refractivity contribution in [1.29, 1.82) is 0 Å². The number of hydrogen-bond acceptors (Lipinski definition) is 3. The van der Waals surface area contributed by atoms with Crippen LogP contribution in [0.2, 0.25) is 0 Å². The molecular weight excluding hydrogens is 316 g/mol. The lowest BCUT2D eigenvalue weighted by atomic mass is 10.2. The number of nitrogens with zero attached hydrogens (tertiary/aromatic N) is 1. The van der Waals surface area contributed by atoms with Crippen molar-refractivity contribution in [2.24, 2.45) is 5.92 Å². The molecule has 2 aromatic rings. The summed E-state index contributed by atoms with van der Waals surface area (Å²) in [5, 5.41) is 3.16. The number of carbonyl (C=O) groups is 1. The molecule has 0 spiro atoms. The van der Waals surface area contributed by atoms with Crippen molar-refractivity contribution in [2.75, 3.05) is 11.4 Å². The molecule has 0 aromatic heterocycles. The topological polar surface area (TPSA) is 32.3 Å². The van der Waals surface area contributed by atoms with E-state index < -0.39 is 0 Å². The van der Waals surface area contributed by atoms with Crippen LogP contribution in [0.3, 0.4) is 0 Å². The van der Waals surface area contributed by atoms with Gasteiger partial charge in [-0.05, 0) is 49.9 Å². The maximum absolute atomic E-state index is 12.3. The highest BCUT2D eigenvalue weighted by molar-refractivity contribution is 7.99.